The molecule has 2 amide bonds. The highest BCUT2D eigenvalue weighted by atomic mass is 35.5. The van der Waals surface area contributed by atoms with Gasteiger partial charge in [-0.05, 0) is 30.5 Å². The van der Waals surface area contributed by atoms with Gasteiger partial charge in [-0.2, -0.15) is 5.10 Å². The van der Waals surface area contributed by atoms with Gasteiger partial charge in [0.15, 0.2) is 5.69 Å². The van der Waals surface area contributed by atoms with Gasteiger partial charge in [-0.25, -0.2) is 0 Å². The number of halogens is 1. The van der Waals surface area contributed by atoms with Crippen LogP contribution in [0.25, 0.3) is 10.9 Å². The second-order valence-corrected chi connectivity index (χ2v) is 7.30. The average Bonchev–Trinajstić information content (AvgIpc) is 3.36. The Bertz CT molecular complexity index is 1020. The first kappa shape index (κ1) is 18.5. The van der Waals surface area contributed by atoms with Gasteiger partial charge < -0.3 is 10.2 Å². The smallest absolute Gasteiger partial charge is 0.275 e. The molecule has 6 nitrogen and oxygen atoms in total. The second-order valence-electron chi connectivity index (χ2n) is 6.89. The lowest BCUT2D eigenvalue weighted by molar-refractivity contribution is -0.121. The molecule has 0 spiro atoms. The molecule has 1 fully saturated rings. The lowest BCUT2D eigenvalue weighted by atomic mass is 10.2. The minimum atomic E-state index is -0.187. The van der Waals surface area contributed by atoms with Gasteiger partial charge in [-0.15, -0.1) is 0 Å². The molecule has 0 radical (unpaired) electrons. The lowest BCUT2D eigenvalue weighted by Gasteiger charge is -2.13. The summed E-state index contributed by atoms with van der Waals surface area (Å²) in [6.07, 6.45) is 2.05. The van der Waals surface area contributed by atoms with Crippen LogP contribution in [0.5, 0.6) is 0 Å². The molecule has 2 heterocycles. The number of nitrogens with one attached hydrogen (secondary N) is 1. The number of carbonyl (C=O) groups is 2. The molecule has 1 aliphatic rings. The van der Waals surface area contributed by atoms with Crippen LogP contribution in [0.15, 0.2) is 48.5 Å². The van der Waals surface area contributed by atoms with Gasteiger partial charge in [0, 0.05) is 30.0 Å². The van der Waals surface area contributed by atoms with Crippen molar-refractivity contribution >= 4 is 34.3 Å². The van der Waals surface area contributed by atoms with Crippen molar-refractivity contribution in [2.45, 2.75) is 25.9 Å². The molecular formula is C21H21ClN4O2. The molecular weight excluding hydrogens is 376 g/mol. The molecule has 1 aromatic heterocycles. The number of aromatic nitrogens is 2. The van der Waals surface area contributed by atoms with Gasteiger partial charge in [0.1, 0.15) is 6.54 Å². The third-order valence-electron chi connectivity index (χ3n) is 4.98. The Morgan fingerprint density at radius 2 is 1.75 bits per heavy atom. The standard InChI is InChI=1S/C21H21ClN4O2/c22-17-9-3-1-7-15(17)13-23-19(27)14-26-18-10-4-2-8-16(18)20(24-26)21(28)25-11-5-6-12-25/h1-4,7-10H,5-6,11-14H2,(H,23,27). The first-order valence-corrected chi connectivity index (χ1v) is 9.76. The summed E-state index contributed by atoms with van der Waals surface area (Å²) >= 11 is 6.14. The second kappa shape index (κ2) is 8.02. The number of rotatable bonds is 5. The number of hydrogen-bond donors (Lipinski definition) is 1. The molecule has 0 aliphatic carbocycles. The highest BCUT2D eigenvalue weighted by Gasteiger charge is 2.25. The Morgan fingerprint density at radius 3 is 2.54 bits per heavy atom. The summed E-state index contributed by atoms with van der Waals surface area (Å²) in [6, 6.07) is 14.9. The van der Waals surface area contributed by atoms with Crippen molar-refractivity contribution < 1.29 is 9.59 Å². The Kier molecular flexibility index (Phi) is 5.30. The molecule has 0 saturated carbocycles. The predicted octanol–water partition coefficient (Wildman–Crippen LogP) is 3.24. The van der Waals surface area contributed by atoms with Gasteiger partial charge in [-0.1, -0.05) is 48.0 Å². The number of para-hydroxylation sites is 1. The third-order valence-corrected chi connectivity index (χ3v) is 5.35. The van der Waals surface area contributed by atoms with Crippen molar-refractivity contribution in [3.05, 3.63) is 64.8 Å². The summed E-state index contributed by atoms with van der Waals surface area (Å²) in [5.74, 6) is -0.253. The Hall–Kier alpha value is -2.86. The predicted molar refractivity (Wildman–Crippen MR) is 108 cm³/mol. The average molecular weight is 397 g/mol. The molecule has 0 atom stereocenters. The quantitative estimate of drug-likeness (QED) is 0.719. The first-order chi connectivity index (χ1) is 13.6. The number of amides is 2. The van der Waals surface area contributed by atoms with Crippen molar-refractivity contribution in [2.75, 3.05) is 13.1 Å². The molecule has 7 heteroatoms. The van der Waals surface area contributed by atoms with Crippen LogP contribution in [0.1, 0.15) is 28.9 Å². The highest BCUT2D eigenvalue weighted by molar-refractivity contribution is 6.31. The zero-order chi connectivity index (χ0) is 19.5. The molecule has 0 unspecified atom stereocenters. The maximum atomic E-state index is 12.8. The molecule has 2 aromatic carbocycles. The van der Waals surface area contributed by atoms with Gasteiger partial charge >= 0.3 is 0 Å². The molecule has 3 aromatic rings. The number of carbonyl (C=O) groups excluding carboxylic acids is 2. The number of fused-ring (bicyclic) bond motifs is 1. The first-order valence-electron chi connectivity index (χ1n) is 9.38. The molecule has 0 bridgehead atoms. The molecule has 1 N–H and O–H groups in total. The normalized spacial score (nSPS) is 13.8. The monoisotopic (exact) mass is 396 g/mol. The fraction of sp³-hybridized carbons (Fsp3) is 0.286. The summed E-state index contributed by atoms with van der Waals surface area (Å²) in [7, 11) is 0. The SMILES string of the molecule is O=C(Cn1nc(C(=O)N2CCCC2)c2ccccc21)NCc1ccccc1Cl. The zero-order valence-corrected chi connectivity index (χ0v) is 16.2. The van der Waals surface area contributed by atoms with Crippen LogP contribution in [-0.4, -0.2) is 39.6 Å². The van der Waals surface area contributed by atoms with E-state index in [4.69, 9.17) is 11.6 Å². The van der Waals surface area contributed by atoms with Crippen molar-refractivity contribution in [3.8, 4) is 0 Å². The van der Waals surface area contributed by atoms with Crippen LogP contribution < -0.4 is 5.32 Å². The van der Waals surface area contributed by atoms with E-state index in [2.05, 4.69) is 10.4 Å². The zero-order valence-electron chi connectivity index (χ0n) is 15.4. The summed E-state index contributed by atoms with van der Waals surface area (Å²) in [4.78, 5) is 27.1. The van der Waals surface area contributed by atoms with Gasteiger partial charge in [0.2, 0.25) is 5.91 Å². The van der Waals surface area contributed by atoms with Crippen molar-refractivity contribution in [1.29, 1.82) is 0 Å². The van der Waals surface area contributed by atoms with E-state index in [1.165, 1.54) is 0 Å². The largest absolute Gasteiger partial charge is 0.350 e. The number of hydrogen-bond acceptors (Lipinski definition) is 3. The van der Waals surface area contributed by atoms with E-state index in [0.717, 1.165) is 42.4 Å². The molecule has 4 rings (SSSR count). The van der Waals surface area contributed by atoms with E-state index in [0.29, 0.717) is 17.3 Å². The third kappa shape index (κ3) is 3.73. The van der Waals surface area contributed by atoms with Crippen LogP contribution in [0.3, 0.4) is 0 Å². The van der Waals surface area contributed by atoms with E-state index in [1.807, 2.05) is 47.4 Å². The van der Waals surface area contributed by atoms with Crippen molar-refractivity contribution in [3.63, 3.8) is 0 Å². The van der Waals surface area contributed by atoms with E-state index in [-0.39, 0.29) is 18.4 Å². The van der Waals surface area contributed by atoms with E-state index in [1.54, 1.807) is 10.7 Å². The summed E-state index contributed by atoms with van der Waals surface area (Å²) < 4.78 is 1.60. The molecule has 144 valence electrons. The molecule has 1 saturated heterocycles. The summed E-state index contributed by atoms with van der Waals surface area (Å²) in [6.45, 7) is 1.91. The molecule has 28 heavy (non-hydrogen) atoms. The fourth-order valence-corrected chi connectivity index (χ4v) is 3.71. The fourth-order valence-electron chi connectivity index (χ4n) is 3.50. The Morgan fingerprint density at radius 1 is 1.04 bits per heavy atom. The van der Waals surface area contributed by atoms with Crippen LogP contribution in [-0.2, 0) is 17.9 Å². The van der Waals surface area contributed by atoms with Crippen LogP contribution in [0.4, 0.5) is 0 Å². The highest BCUT2D eigenvalue weighted by Crippen LogP contribution is 2.22. The molecule has 1 aliphatic heterocycles. The van der Waals surface area contributed by atoms with E-state index < -0.39 is 0 Å². The van der Waals surface area contributed by atoms with Crippen molar-refractivity contribution in [1.82, 2.24) is 20.0 Å². The minimum Gasteiger partial charge on any atom is -0.350 e. The topological polar surface area (TPSA) is 67.2 Å². The minimum absolute atomic E-state index is 0.0399. The maximum Gasteiger partial charge on any atom is 0.275 e. The summed E-state index contributed by atoms with van der Waals surface area (Å²) in [5, 5.41) is 8.74. The van der Waals surface area contributed by atoms with Crippen molar-refractivity contribution in [2.24, 2.45) is 0 Å². The van der Waals surface area contributed by atoms with Gasteiger partial charge in [0.25, 0.3) is 5.91 Å². The Balaban J connectivity index is 1.53. The van der Waals surface area contributed by atoms with E-state index in [9.17, 15) is 9.59 Å². The van der Waals surface area contributed by atoms with Crippen LogP contribution >= 0.6 is 11.6 Å². The van der Waals surface area contributed by atoms with Gasteiger partial charge in [0.05, 0.1) is 5.52 Å². The van der Waals surface area contributed by atoms with E-state index >= 15 is 0 Å². The Labute approximate surface area is 168 Å². The number of likely N-dealkylation sites (tertiary alicyclic amines) is 1. The summed E-state index contributed by atoms with van der Waals surface area (Å²) in [5.41, 5.74) is 2.04. The number of nitrogens with zero attached hydrogens (tertiary/aromatic N) is 3. The van der Waals surface area contributed by atoms with Crippen LogP contribution in [0, 0.1) is 0 Å². The van der Waals surface area contributed by atoms with Crippen LogP contribution in [0.2, 0.25) is 5.02 Å². The number of benzene rings is 2. The maximum absolute atomic E-state index is 12.8. The van der Waals surface area contributed by atoms with Gasteiger partial charge in [-0.3, -0.25) is 14.3 Å². The lowest BCUT2D eigenvalue weighted by Crippen LogP contribution is -2.29.